The van der Waals surface area contributed by atoms with Crippen LogP contribution in [0.1, 0.15) is 54.2 Å². The first-order valence-corrected chi connectivity index (χ1v) is 9.00. The predicted octanol–water partition coefficient (Wildman–Crippen LogP) is 3.31. The number of rotatable bonds is 3. The van der Waals surface area contributed by atoms with Gasteiger partial charge in [0.15, 0.2) is 0 Å². The zero-order valence-electron chi connectivity index (χ0n) is 14.2. The van der Waals surface area contributed by atoms with Gasteiger partial charge in [-0.05, 0) is 66.8 Å². The van der Waals surface area contributed by atoms with Crippen LogP contribution in [0.15, 0.2) is 46.0 Å². The molecule has 3 aromatic rings. The lowest BCUT2D eigenvalue weighted by molar-refractivity contribution is 0.918. The van der Waals surface area contributed by atoms with Crippen molar-refractivity contribution >= 4 is 10.9 Å². The fraction of sp³-hybridized carbons (Fsp3) is 0.286. The maximum atomic E-state index is 12.7. The van der Waals surface area contributed by atoms with E-state index in [0.717, 1.165) is 42.5 Å². The van der Waals surface area contributed by atoms with Gasteiger partial charge in [-0.3, -0.25) is 14.3 Å². The number of nitrogens with one attached hydrogen (secondary N) is 1. The molecule has 5 nitrogen and oxygen atoms in total. The Kier molecular flexibility index (Phi) is 3.17. The van der Waals surface area contributed by atoms with Gasteiger partial charge in [-0.1, -0.05) is 18.2 Å². The maximum absolute atomic E-state index is 12.7. The van der Waals surface area contributed by atoms with Gasteiger partial charge in [0.05, 0.1) is 28.2 Å². The minimum atomic E-state index is -0.441. The van der Waals surface area contributed by atoms with Crippen molar-refractivity contribution in [2.75, 3.05) is 0 Å². The zero-order valence-corrected chi connectivity index (χ0v) is 14.2. The molecule has 1 N–H and O–H groups in total. The predicted molar refractivity (Wildman–Crippen MR) is 98.8 cm³/mol. The number of aromatic nitrogens is 2. The molecule has 1 heterocycles. The van der Waals surface area contributed by atoms with E-state index < -0.39 is 11.2 Å². The highest BCUT2D eigenvalue weighted by atomic mass is 16.2. The van der Waals surface area contributed by atoms with E-state index in [4.69, 9.17) is 0 Å². The summed E-state index contributed by atoms with van der Waals surface area (Å²) in [7, 11) is 0. The number of hydrogen-bond acceptors (Lipinski definition) is 3. The van der Waals surface area contributed by atoms with Crippen molar-refractivity contribution in [2.45, 2.75) is 37.5 Å². The Labute approximate surface area is 149 Å². The van der Waals surface area contributed by atoms with Gasteiger partial charge in [0.25, 0.3) is 5.56 Å². The summed E-state index contributed by atoms with van der Waals surface area (Å²) in [6.45, 7) is 0. The maximum Gasteiger partial charge on any atom is 0.333 e. The molecule has 2 fully saturated rings. The van der Waals surface area contributed by atoms with Crippen molar-refractivity contribution in [3.05, 3.63) is 73.9 Å². The van der Waals surface area contributed by atoms with Crippen LogP contribution in [0, 0.1) is 11.3 Å². The standard InChI is InChI=1S/C21H17N3O2/c22-11-14-9-17-19(10-16(14)13-7-8-13)24(21(26)23-20(17)25)18-4-2-1-3-15(18)12-5-6-12/h1-4,9-10,12-13H,5-8H2,(H,23,25,26). The van der Waals surface area contributed by atoms with Crippen LogP contribution >= 0.6 is 0 Å². The van der Waals surface area contributed by atoms with E-state index in [1.807, 2.05) is 24.3 Å². The van der Waals surface area contributed by atoms with Crippen molar-refractivity contribution < 1.29 is 0 Å². The van der Waals surface area contributed by atoms with Crippen LogP contribution in [0.4, 0.5) is 0 Å². The van der Waals surface area contributed by atoms with Crippen molar-refractivity contribution in [3.8, 4) is 11.8 Å². The first kappa shape index (κ1) is 15.2. The lowest BCUT2D eigenvalue weighted by atomic mass is 10.0. The van der Waals surface area contributed by atoms with Crippen LogP contribution < -0.4 is 11.2 Å². The van der Waals surface area contributed by atoms with E-state index in [0.29, 0.717) is 28.3 Å². The van der Waals surface area contributed by atoms with Crippen LogP contribution in [0.25, 0.3) is 16.6 Å². The summed E-state index contributed by atoms with van der Waals surface area (Å²) in [5, 5.41) is 9.87. The van der Waals surface area contributed by atoms with Gasteiger partial charge in [0.2, 0.25) is 0 Å². The van der Waals surface area contributed by atoms with Crippen LogP contribution in [0.5, 0.6) is 0 Å². The number of fused-ring (bicyclic) bond motifs is 1. The number of para-hydroxylation sites is 1. The molecule has 2 aliphatic rings. The molecule has 0 saturated heterocycles. The van der Waals surface area contributed by atoms with E-state index in [1.165, 1.54) is 0 Å². The quantitative estimate of drug-likeness (QED) is 0.792. The van der Waals surface area contributed by atoms with Crippen LogP contribution in [-0.4, -0.2) is 9.55 Å². The zero-order chi connectivity index (χ0) is 17.8. The Bertz CT molecular complexity index is 1200. The molecule has 0 atom stereocenters. The Morgan fingerprint density at radius 2 is 1.69 bits per heavy atom. The number of H-pyrrole nitrogens is 1. The third-order valence-electron chi connectivity index (χ3n) is 5.41. The SMILES string of the molecule is N#Cc1cc2c(=O)[nH]c(=O)n(-c3ccccc3C3CC3)c2cc1C1CC1. The summed E-state index contributed by atoms with van der Waals surface area (Å²) in [6.07, 6.45) is 4.34. The molecular formula is C21H17N3O2. The molecule has 26 heavy (non-hydrogen) atoms. The van der Waals surface area contributed by atoms with Gasteiger partial charge in [0, 0.05) is 0 Å². The first-order valence-electron chi connectivity index (χ1n) is 9.00. The molecule has 0 amide bonds. The molecule has 128 valence electrons. The third kappa shape index (κ3) is 2.30. The molecule has 0 radical (unpaired) electrons. The molecule has 0 bridgehead atoms. The minimum absolute atomic E-state index is 0.357. The summed E-state index contributed by atoms with van der Waals surface area (Å²) in [5.41, 5.74) is 3.17. The Morgan fingerprint density at radius 1 is 1.00 bits per heavy atom. The molecule has 2 aromatic carbocycles. The molecule has 2 saturated carbocycles. The van der Waals surface area contributed by atoms with E-state index in [9.17, 15) is 14.9 Å². The Morgan fingerprint density at radius 3 is 2.38 bits per heavy atom. The number of hydrogen-bond donors (Lipinski definition) is 1. The monoisotopic (exact) mass is 343 g/mol. The average Bonchev–Trinajstić information content (AvgIpc) is 3.54. The molecule has 0 aliphatic heterocycles. The lowest BCUT2D eigenvalue weighted by Crippen LogP contribution is -2.30. The van der Waals surface area contributed by atoms with E-state index in [2.05, 4.69) is 17.1 Å². The molecule has 0 spiro atoms. The highest BCUT2D eigenvalue weighted by molar-refractivity contribution is 5.83. The topological polar surface area (TPSA) is 78.7 Å². The Hall–Kier alpha value is -3.13. The second-order valence-electron chi connectivity index (χ2n) is 7.27. The van der Waals surface area contributed by atoms with Crippen LogP contribution in [0.2, 0.25) is 0 Å². The number of nitrogens with zero attached hydrogens (tertiary/aromatic N) is 2. The molecule has 1 aromatic heterocycles. The fourth-order valence-corrected chi connectivity index (χ4v) is 3.80. The van der Waals surface area contributed by atoms with Crippen molar-refractivity contribution in [1.82, 2.24) is 9.55 Å². The van der Waals surface area contributed by atoms with Crippen molar-refractivity contribution in [3.63, 3.8) is 0 Å². The van der Waals surface area contributed by atoms with Crippen LogP contribution in [-0.2, 0) is 0 Å². The summed E-state index contributed by atoms with van der Waals surface area (Å²) >= 11 is 0. The van der Waals surface area contributed by atoms with E-state index in [1.54, 1.807) is 10.6 Å². The molecule has 2 aliphatic carbocycles. The normalized spacial score (nSPS) is 16.6. The smallest absolute Gasteiger partial charge is 0.273 e. The van der Waals surface area contributed by atoms with Gasteiger partial charge >= 0.3 is 5.69 Å². The lowest BCUT2D eigenvalue weighted by Gasteiger charge is -2.15. The van der Waals surface area contributed by atoms with Gasteiger partial charge in [-0.15, -0.1) is 0 Å². The first-order chi connectivity index (χ1) is 12.7. The number of nitriles is 1. The Balaban J connectivity index is 1.89. The molecular weight excluding hydrogens is 326 g/mol. The molecule has 0 unspecified atom stereocenters. The number of aromatic amines is 1. The van der Waals surface area contributed by atoms with Crippen molar-refractivity contribution in [2.24, 2.45) is 0 Å². The third-order valence-corrected chi connectivity index (χ3v) is 5.41. The van der Waals surface area contributed by atoms with Gasteiger partial charge in [-0.25, -0.2) is 4.79 Å². The number of benzene rings is 2. The average molecular weight is 343 g/mol. The van der Waals surface area contributed by atoms with Crippen molar-refractivity contribution in [1.29, 1.82) is 5.26 Å². The summed E-state index contributed by atoms with van der Waals surface area (Å²) in [4.78, 5) is 27.6. The summed E-state index contributed by atoms with van der Waals surface area (Å²) in [5.74, 6) is 0.830. The fourth-order valence-electron chi connectivity index (χ4n) is 3.80. The van der Waals surface area contributed by atoms with Gasteiger partial charge < -0.3 is 0 Å². The highest BCUT2D eigenvalue weighted by Crippen LogP contribution is 2.44. The summed E-state index contributed by atoms with van der Waals surface area (Å²) in [6, 6.07) is 13.6. The van der Waals surface area contributed by atoms with Crippen LogP contribution in [0.3, 0.4) is 0 Å². The summed E-state index contributed by atoms with van der Waals surface area (Å²) < 4.78 is 1.61. The molecule has 5 rings (SSSR count). The second-order valence-corrected chi connectivity index (χ2v) is 7.27. The van der Waals surface area contributed by atoms with Gasteiger partial charge in [0.1, 0.15) is 0 Å². The highest BCUT2D eigenvalue weighted by Gasteiger charge is 2.29. The second kappa shape index (κ2) is 5.43. The van der Waals surface area contributed by atoms with E-state index in [-0.39, 0.29) is 0 Å². The largest absolute Gasteiger partial charge is 0.333 e. The minimum Gasteiger partial charge on any atom is -0.273 e. The van der Waals surface area contributed by atoms with Gasteiger partial charge in [-0.2, -0.15) is 5.26 Å². The molecule has 5 heteroatoms. The van der Waals surface area contributed by atoms with E-state index >= 15 is 0 Å².